The van der Waals surface area contributed by atoms with E-state index in [9.17, 15) is 4.39 Å². The quantitative estimate of drug-likeness (QED) is 0.312. The van der Waals surface area contributed by atoms with Crippen molar-refractivity contribution in [3.63, 3.8) is 0 Å². The van der Waals surface area contributed by atoms with E-state index in [2.05, 4.69) is 21.1 Å². The molecule has 2 aromatic rings. The minimum Gasteiger partial charge on any atom is -0.348 e. The maximum Gasteiger partial charge on any atom is 0.189 e. The Morgan fingerprint density at radius 2 is 1.09 bits per heavy atom. The van der Waals surface area contributed by atoms with Crippen molar-refractivity contribution in [3.05, 3.63) is 71.5 Å². The second kappa shape index (κ2) is 13.6. The van der Waals surface area contributed by atoms with Crippen molar-refractivity contribution in [1.82, 2.24) is 20.7 Å². The van der Waals surface area contributed by atoms with Crippen LogP contribution in [0.4, 0.5) is 4.39 Å². The Morgan fingerprint density at radius 1 is 0.697 bits per heavy atom. The van der Waals surface area contributed by atoms with E-state index in [0.29, 0.717) is 27.2 Å². The van der Waals surface area contributed by atoms with Crippen LogP contribution in [-0.4, -0.2) is 57.6 Å². The maximum atomic E-state index is 13.7. The van der Waals surface area contributed by atoms with E-state index >= 15 is 0 Å². The lowest BCUT2D eigenvalue weighted by atomic mass is 10.00. The molecule has 0 spiro atoms. The zero-order chi connectivity index (χ0) is 24.2. The van der Waals surface area contributed by atoms with Crippen LogP contribution in [0.2, 0.25) is 0 Å². The molecule has 176 valence electrons. The average Bonchev–Trinajstić information content (AvgIpc) is 2.84. The third-order valence-electron chi connectivity index (χ3n) is 5.02. The molecular formula is C24H31FN6S2. The fourth-order valence-corrected chi connectivity index (χ4v) is 3.69. The van der Waals surface area contributed by atoms with Crippen LogP contribution in [0.1, 0.15) is 38.8 Å². The highest BCUT2D eigenvalue weighted by molar-refractivity contribution is 7.80. The second-order valence-electron chi connectivity index (χ2n) is 6.97. The van der Waals surface area contributed by atoms with Crippen LogP contribution >= 0.6 is 24.4 Å². The maximum absolute atomic E-state index is 13.7. The van der Waals surface area contributed by atoms with Crippen LogP contribution in [0.5, 0.6) is 0 Å². The highest BCUT2D eigenvalue weighted by Crippen LogP contribution is 2.12. The first-order valence-electron chi connectivity index (χ1n) is 11.0. The van der Waals surface area contributed by atoms with Crippen LogP contribution in [-0.2, 0) is 0 Å². The third-order valence-corrected chi connectivity index (χ3v) is 5.72. The Hall–Kier alpha value is -2.91. The number of hydrogen-bond donors (Lipinski definition) is 2. The van der Waals surface area contributed by atoms with Gasteiger partial charge >= 0.3 is 0 Å². The predicted octanol–water partition coefficient (Wildman–Crippen LogP) is 4.37. The summed E-state index contributed by atoms with van der Waals surface area (Å²) >= 11 is 11.0. The van der Waals surface area contributed by atoms with Crippen LogP contribution in [0, 0.1) is 5.82 Å². The second-order valence-corrected chi connectivity index (χ2v) is 7.75. The van der Waals surface area contributed by atoms with E-state index in [0.717, 1.165) is 31.7 Å². The molecule has 9 heteroatoms. The Kier molecular flexibility index (Phi) is 10.9. The number of benzene rings is 2. The van der Waals surface area contributed by atoms with Crippen molar-refractivity contribution in [2.75, 3.05) is 26.2 Å². The third kappa shape index (κ3) is 7.57. The molecule has 0 atom stereocenters. The Morgan fingerprint density at radius 3 is 1.48 bits per heavy atom. The molecule has 0 aromatic heterocycles. The van der Waals surface area contributed by atoms with Crippen molar-refractivity contribution in [3.8, 4) is 0 Å². The summed E-state index contributed by atoms with van der Waals surface area (Å²) < 4.78 is 13.7. The van der Waals surface area contributed by atoms with Crippen molar-refractivity contribution < 1.29 is 4.39 Å². The van der Waals surface area contributed by atoms with Crippen molar-refractivity contribution in [2.45, 2.75) is 27.7 Å². The molecule has 0 aliphatic rings. The van der Waals surface area contributed by atoms with Crippen LogP contribution in [0.25, 0.3) is 0 Å². The molecule has 0 heterocycles. The Labute approximate surface area is 206 Å². The molecule has 2 N–H and O–H groups in total. The zero-order valence-electron chi connectivity index (χ0n) is 19.5. The largest absolute Gasteiger partial charge is 0.348 e. The molecule has 0 fully saturated rings. The fourth-order valence-electron chi connectivity index (χ4n) is 3.08. The molecule has 0 amide bonds. The lowest BCUT2D eigenvalue weighted by molar-refractivity contribution is 0.457. The van der Waals surface area contributed by atoms with Gasteiger partial charge in [0.25, 0.3) is 0 Å². The minimum atomic E-state index is -0.330. The summed E-state index contributed by atoms with van der Waals surface area (Å²) in [4.78, 5) is 3.97. The van der Waals surface area contributed by atoms with E-state index in [4.69, 9.17) is 24.4 Å². The first-order chi connectivity index (χ1) is 15.9. The molecule has 2 rings (SSSR count). The van der Waals surface area contributed by atoms with Gasteiger partial charge in [0.15, 0.2) is 10.2 Å². The van der Waals surface area contributed by atoms with E-state index in [1.165, 1.54) is 12.1 Å². The summed E-state index contributed by atoms with van der Waals surface area (Å²) in [6.07, 6.45) is 0. The summed E-state index contributed by atoms with van der Waals surface area (Å²) in [7, 11) is 0. The number of nitrogens with one attached hydrogen (secondary N) is 2. The van der Waals surface area contributed by atoms with Crippen LogP contribution < -0.4 is 10.9 Å². The standard InChI is InChI=1S/C24H31FN6S2/c1-5-30(6-2)23(32)28-26-21(18-12-10-9-11-13-18)22(19-14-16-20(25)17-15-19)27-29-24(33)31(7-3)8-4/h9-17H,5-8H2,1-4H3,(H,28,32)(H,29,33). The molecule has 0 saturated carbocycles. The van der Waals surface area contributed by atoms with Crippen molar-refractivity contribution in [1.29, 1.82) is 0 Å². The molecule has 33 heavy (non-hydrogen) atoms. The summed E-state index contributed by atoms with van der Waals surface area (Å²) in [5.41, 5.74) is 8.54. The molecule has 0 bridgehead atoms. The fraction of sp³-hybridized carbons (Fsp3) is 0.333. The Balaban J connectivity index is 2.55. The SMILES string of the molecule is CCN(CC)C(=S)NN=C(C(=NNC(=S)N(CC)CC)c1ccc(F)cc1)c1ccccc1. The van der Waals surface area contributed by atoms with Crippen LogP contribution in [0.3, 0.4) is 0 Å². The zero-order valence-corrected chi connectivity index (χ0v) is 21.1. The summed E-state index contributed by atoms with van der Waals surface area (Å²) in [6, 6.07) is 15.7. The molecule has 0 unspecified atom stereocenters. The van der Waals surface area contributed by atoms with Gasteiger partial charge in [-0.05, 0) is 76.4 Å². The first-order valence-corrected chi connectivity index (χ1v) is 11.8. The van der Waals surface area contributed by atoms with Crippen molar-refractivity contribution >= 4 is 46.1 Å². The van der Waals surface area contributed by atoms with Gasteiger partial charge in [-0.3, -0.25) is 10.9 Å². The topological polar surface area (TPSA) is 55.3 Å². The lowest BCUT2D eigenvalue weighted by Crippen LogP contribution is -2.39. The van der Waals surface area contributed by atoms with Gasteiger partial charge in [-0.25, -0.2) is 4.39 Å². The minimum absolute atomic E-state index is 0.330. The van der Waals surface area contributed by atoms with E-state index < -0.39 is 0 Å². The average molecular weight is 487 g/mol. The van der Waals surface area contributed by atoms with Gasteiger partial charge in [-0.1, -0.05) is 30.3 Å². The predicted molar refractivity (Wildman–Crippen MR) is 143 cm³/mol. The summed E-state index contributed by atoms with van der Waals surface area (Å²) in [6.45, 7) is 11.1. The normalized spacial score (nSPS) is 11.7. The number of nitrogens with zero attached hydrogens (tertiary/aromatic N) is 4. The summed E-state index contributed by atoms with van der Waals surface area (Å²) in [5.74, 6) is -0.330. The van der Waals surface area contributed by atoms with Gasteiger partial charge in [0, 0.05) is 37.3 Å². The van der Waals surface area contributed by atoms with Gasteiger partial charge in [-0.2, -0.15) is 10.2 Å². The number of rotatable bonds is 9. The monoisotopic (exact) mass is 486 g/mol. The smallest absolute Gasteiger partial charge is 0.189 e. The highest BCUT2D eigenvalue weighted by atomic mass is 32.1. The Bertz CT molecular complexity index is 968. The first kappa shape index (κ1) is 26.3. The van der Waals surface area contributed by atoms with Gasteiger partial charge in [0.05, 0.1) is 0 Å². The number of hydrazone groups is 2. The highest BCUT2D eigenvalue weighted by Gasteiger charge is 2.17. The van der Waals surface area contributed by atoms with Crippen molar-refractivity contribution in [2.24, 2.45) is 10.2 Å². The van der Waals surface area contributed by atoms with E-state index in [1.807, 2.05) is 67.8 Å². The van der Waals surface area contributed by atoms with Gasteiger partial charge in [0.1, 0.15) is 17.2 Å². The molecule has 0 aliphatic carbocycles. The molecule has 0 radical (unpaired) electrons. The summed E-state index contributed by atoms with van der Waals surface area (Å²) in [5, 5.41) is 10.3. The lowest BCUT2D eigenvalue weighted by Gasteiger charge is -2.22. The van der Waals surface area contributed by atoms with E-state index in [-0.39, 0.29) is 5.82 Å². The van der Waals surface area contributed by atoms with Gasteiger partial charge < -0.3 is 9.80 Å². The van der Waals surface area contributed by atoms with Crippen LogP contribution in [0.15, 0.2) is 64.8 Å². The van der Waals surface area contributed by atoms with E-state index in [1.54, 1.807) is 12.1 Å². The molecule has 6 nitrogen and oxygen atoms in total. The molecule has 0 aliphatic heterocycles. The molecule has 2 aromatic carbocycles. The molecule has 0 saturated heterocycles. The molecular weight excluding hydrogens is 455 g/mol. The van der Waals surface area contributed by atoms with Gasteiger partial charge in [0.2, 0.25) is 0 Å². The number of hydrogen-bond acceptors (Lipinski definition) is 4. The van der Waals surface area contributed by atoms with Gasteiger partial charge in [-0.15, -0.1) is 0 Å². The number of halogens is 1. The number of thiocarbonyl (C=S) groups is 2.